The first-order valence-electron chi connectivity index (χ1n) is 7.75. The Bertz CT molecular complexity index is 797. The van der Waals surface area contributed by atoms with E-state index in [4.69, 9.17) is 14.3 Å². The van der Waals surface area contributed by atoms with Gasteiger partial charge in [-0.1, -0.05) is 9.62 Å². The first-order valence-corrected chi connectivity index (χ1v) is 9.96. The molecule has 0 saturated carbocycles. The van der Waals surface area contributed by atoms with Crippen LogP contribution in [0, 0.1) is 15.5 Å². The number of piperidine rings is 1. The van der Waals surface area contributed by atoms with Crippen LogP contribution in [0.5, 0.6) is 5.75 Å². The molecule has 1 aliphatic heterocycles. The summed E-state index contributed by atoms with van der Waals surface area (Å²) in [6, 6.07) is 5.89. The van der Waals surface area contributed by atoms with Crippen LogP contribution in [0.4, 0.5) is 5.82 Å². The summed E-state index contributed by atoms with van der Waals surface area (Å²) in [5, 5.41) is 1.04. The molecule has 6 nitrogen and oxygen atoms in total. The maximum Gasteiger partial charge on any atom is 0.139 e. The number of rotatable bonds is 4. The Kier molecular flexibility index (Phi) is 4.39. The summed E-state index contributed by atoms with van der Waals surface area (Å²) in [6.07, 6.45) is 5.42. The molecule has 0 radical (unpaired) electrons. The van der Waals surface area contributed by atoms with E-state index < -0.39 is 9.62 Å². The van der Waals surface area contributed by atoms with E-state index in [1.54, 1.807) is 19.7 Å². The van der Waals surface area contributed by atoms with Gasteiger partial charge in [-0.2, -0.15) is 0 Å². The third-order valence-corrected chi connectivity index (χ3v) is 5.44. The largest absolute Gasteiger partial charge is 0.497 e. The fourth-order valence-corrected chi connectivity index (χ4v) is 4.46. The summed E-state index contributed by atoms with van der Waals surface area (Å²) in [7, 11) is -0.251. The maximum absolute atomic E-state index is 7.83. The first-order chi connectivity index (χ1) is 11.0. The number of hydrogen-bond donors (Lipinski definition) is 2. The van der Waals surface area contributed by atoms with Crippen molar-refractivity contribution in [3.8, 4) is 5.75 Å². The summed E-state index contributed by atoms with van der Waals surface area (Å²) in [5.41, 5.74) is 0.894. The van der Waals surface area contributed by atoms with Crippen molar-refractivity contribution >= 4 is 26.3 Å². The van der Waals surface area contributed by atoms with Gasteiger partial charge >= 0.3 is 0 Å². The summed E-state index contributed by atoms with van der Waals surface area (Å²) in [6.45, 7) is 1.86. The SMILES string of the molecule is COc1ccc2c(N3CCC(CS(C)(=N)=N)CC3)ncnc2c1. The summed E-state index contributed by atoms with van der Waals surface area (Å²) < 4.78 is 20.9. The minimum atomic E-state index is -1.91. The van der Waals surface area contributed by atoms with Gasteiger partial charge in [0, 0.05) is 36.6 Å². The molecule has 23 heavy (non-hydrogen) atoms. The van der Waals surface area contributed by atoms with E-state index in [2.05, 4.69) is 14.9 Å². The van der Waals surface area contributed by atoms with Gasteiger partial charge in [0.2, 0.25) is 0 Å². The lowest BCUT2D eigenvalue weighted by molar-refractivity contribution is 0.415. The van der Waals surface area contributed by atoms with Crippen LogP contribution in [0.3, 0.4) is 0 Å². The van der Waals surface area contributed by atoms with Crippen LogP contribution in [-0.2, 0) is 9.62 Å². The van der Waals surface area contributed by atoms with E-state index in [9.17, 15) is 0 Å². The second-order valence-electron chi connectivity index (χ2n) is 6.27. The summed E-state index contributed by atoms with van der Waals surface area (Å²) in [4.78, 5) is 11.1. The molecule has 0 amide bonds. The Morgan fingerprint density at radius 1 is 1.26 bits per heavy atom. The number of hydrogen-bond acceptors (Lipinski definition) is 6. The van der Waals surface area contributed by atoms with E-state index in [-0.39, 0.29) is 0 Å². The van der Waals surface area contributed by atoms with Gasteiger partial charge in [0.15, 0.2) is 0 Å². The molecule has 0 spiro atoms. The lowest BCUT2D eigenvalue weighted by Gasteiger charge is -2.33. The molecule has 0 aliphatic carbocycles. The standard InChI is InChI=1S/C16H23N5OS/c1-22-13-3-4-14-15(9-13)19-11-20-16(14)21-7-5-12(6-8-21)10-23(2,17)18/h3-4,9,11-12,17-18H,5-8,10H2,1-2H3. The minimum absolute atomic E-state index is 0.495. The zero-order chi connectivity index (χ0) is 16.4. The zero-order valence-electron chi connectivity index (χ0n) is 13.6. The van der Waals surface area contributed by atoms with E-state index in [1.807, 2.05) is 18.2 Å². The molecule has 1 saturated heterocycles. The predicted octanol–water partition coefficient (Wildman–Crippen LogP) is 3.16. The van der Waals surface area contributed by atoms with Crippen molar-refractivity contribution in [2.24, 2.45) is 5.92 Å². The van der Waals surface area contributed by atoms with Crippen molar-refractivity contribution in [2.45, 2.75) is 12.8 Å². The molecule has 2 heterocycles. The molecule has 1 aromatic carbocycles. The highest BCUT2D eigenvalue weighted by Gasteiger charge is 2.22. The van der Waals surface area contributed by atoms with Gasteiger partial charge in [-0.05, 0) is 30.9 Å². The number of ether oxygens (including phenoxy) is 1. The average Bonchev–Trinajstić information content (AvgIpc) is 2.53. The first kappa shape index (κ1) is 16.0. The molecule has 1 fully saturated rings. The van der Waals surface area contributed by atoms with Crippen LogP contribution in [0.1, 0.15) is 12.8 Å². The van der Waals surface area contributed by atoms with E-state index >= 15 is 0 Å². The predicted molar refractivity (Wildman–Crippen MR) is 94.6 cm³/mol. The lowest BCUT2D eigenvalue weighted by atomic mass is 9.99. The van der Waals surface area contributed by atoms with Crippen LogP contribution in [0.2, 0.25) is 0 Å². The molecular weight excluding hydrogens is 310 g/mol. The maximum atomic E-state index is 7.83. The molecule has 0 bridgehead atoms. The average molecular weight is 333 g/mol. The third kappa shape index (κ3) is 3.72. The van der Waals surface area contributed by atoms with Gasteiger partial charge in [-0.25, -0.2) is 9.97 Å². The van der Waals surface area contributed by atoms with Crippen molar-refractivity contribution in [3.05, 3.63) is 24.5 Å². The fourth-order valence-electron chi connectivity index (χ4n) is 3.18. The minimum Gasteiger partial charge on any atom is -0.497 e. The number of benzene rings is 1. The molecule has 1 aliphatic rings. The number of anilines is 1. The molecule has 0 unspecified atom stereocenters. The van der Waals surface area contributed by atoms with Crippen LogP contribution in [-0.4, -0.2) is 42.2 Å². The Morgan fingerprint density at radius 2 is 2.00 bits per heavy atom. The molecule has 3 rings (SSSR count). The van der Waals surface area contributed by atoms with Crippen molar-refractivity contribution in [3.63, 3.8) is 0 Å². The Hall–Kier alpha value is -1.89. The van der Waals surface area contributed by atoms with Crippen LogP contribution < -0.4 is 9.64 Å². The van der Waals surface area contributed by atoms with Crippen molar-refractivity contribution < 1.29 is 4.74 Å². The third-order valence-electron chi connectivity index (χ3n) is 4.31. The highest BCUT2D eigenvalue weighted by atomic mass is 32.2. The number of aromatic nitrogens is 2. The smallest absolute Gasteiger partial charge is 0.139 e. The fraction of sp³-hybridized carbons (Fsp3) is 0.500. The van der Waals surface area contributed by atoms with Gasteiger partial charge in [0.1, 0.15) is 17.9 Å². The van der Waals surface area contributed by atoms with E-state index in [0.29, 0.717) is 5.92 Å². The quantitative estimate of drug-likeness (QED) is 0.900. The lowest BCUT2D eigenvalue weighted by Crippen LogP contribution is -2.36. The van der Waals surface area contributed by atoms with E-state index in [0.717, 1.165) is 54.2 Å². The van der Waals surface area contributed by atoms with Crippen LogP contribution in [0.25, 0.3) is 10.9 Å². The van der Waals surface area contributed by atoms with Gasteiger partial charge < -0.3 is 9.64 Å². The van der Waals surface area contributed by atoms with Gasteiger partial charge in [-0.15, -0.1) is 0 Å². The van der Waals surface area contributed by atoms with Crippen LogP contribution >= 0.6 is 0 Å². The van der Waals surface area contributed by atoms with Gasteiger partial charge in [-0.3, -0.25) is 9.56 Å². The topological polar surface area (TPSA) is 86.0 Å². The monoisotopic (exact) mass is 333 g/mol. The van der Waals surface area contributed by atoms with Gasteiger partial charge in [0.05, 0.1) is 12.6 Å². The second kappa shape index (κ2) is 6.31. The molecule has 0 atom stereocenters. The van der Waals surface area contributed by atoms with Gasteiger partial charge in [0.25, 0.3) is 0 Å². The molecule has 7 heteroatoms. The number of nitrogens with one attached hydrogen (secondary N) is 2. The molecule has 1 aromatic heterocycles. The molecule has 2 N–H and O–H groups in total. The molecule has 2 aromatic rings. The van der Waals surface area contributed by atoms with Crippen LogP contribution in [0.15, 0.2) is 24.5 Å². The summed E-state index contributed by atoms with van der Waals surface area (Å²) in [5.74, 6) is 2.99. The Labute approximate surface area is 137 Å². The highest BCUT2D eigenvalue weighted by molar-refractivity contribution is 7.92. The second-order valence-corrected chi connectivity index (χ2v) is 8.77. The summed E-state index contributed by atoms with van der Waals surface area (Å²) >= 11 is 0. The highest BCUT2D eigenvalue weighted by Crippen LogP contribution is 2.29. The van der Waals surface area contributed by atoms with Crippen molar-refractivity contribution in [2.75, 3.05) is 37.1 Å². The van der Waals surface area contributed by atoms with Crippen molar-refractivity contribution in [1.82, 2.24) is 9.97 Å². The van der Waals surface area contributed by atoms with Crippen molar-refractivity contribution in [1.29, 1.82) is 9.56 Å². The Balaban J connectivity index is 1.79. The Morgan fingerprint density at radius 3 is 2.65 bits per heavy atom. The normalized spacial score (nSPS) is 16.7. The zero-order valence-corrected chi connectivity index (χ0v) is 14.4. The number of fused-ring (bicyclic) bond motifs is 1. The number of methoxy groups -OCH3 is 1. The number of nitrogens with zero attached hydrogens (tertiary/aromatic N) is 3. The van der Waals surface area contributed by atoms with E-state index in [1.165, 1.54) is 0 Å². The molecular formula is C16H23N5OS. The molecule has 124 valence electrons.